The fourth-order valence-electron chi connectivity index (χ4n) is 4.79. The van der Waals surface area contributed by atoms with Crippen LogP contribution in [0.1, 0.15) is 39.3 Å². The predicted octanol–water partition coefficient (Wildman–Crippen LogP) is 1.02. The number of Topliss-reactive ketones (excluding diaryl/α,β-unsaturated/α-hetero) is 1. The van der Waals surface area contributed by atoms with Crippen molar-refractivity contribution in [3.63, 3.8) is 0 Å². The first-order valence-corrected chi connectivity index (χ1v) is 12.7. The van der Waals surface area contributed by atoms with Crippen LogP contribution in [0.2, 0.25) is 0 Å². The molecule has 9 N–H and O–H groups in total. The van der Waals surface area contributed by atoms with Crippen molar-refractivity contribution >= 4 is 11.8 Å². The van der Waals surface area contributed by atoms with Crippen molar-refractivity contribution in [2.24, 2.45) is 0 Å². The molecule has 15 nitrogen and oxygen atoms in total. The lowest BCUT2D eigenvalue weighted by molar-refractivity contribution is -0.303. The summed E-state index contributed by atoms with van der Waals surface area (Å²) in [5, 5.41) is 90.6. The molecule has 0 aliphatic carbocycles. The molecule has 3 aromatic carbocycles. The fourth-order valence-corrected chi connectivity index (χ4v) is 4.79. The fraction of sp³-hybridized carbons (Fsp3) is 0.286. The highest BCUT2D eigenvalue weighted by Gasteiger charge is 2.50. The largest absolute Gasteiger partial charge is 0.508 e. The Morgan fingerprint density at radius 3 is 2.14 bits per heavy atom. The highest BCUT2D eigenvalue weighted by molar-refractivity contribution is 6.05. The lowest BCUT2D eigenvalue weighted by Gasteiger charge is -2.43. The van der Waals surface area contributed by atoms with E-state index < -0.39 is 106 Å². The normalized spacial score (nSPS) is 26.8. The van der Waals surface area contributed by atoms with E-state index in [9.17, 15) is 55.5 Å². The maximum atomic E-state index is 13.7. The molecule has 2 aliphatic rings. The number of hydrogen-bond acceptors (Lipinski definition) is 15. The van der Waals surface area contributed by atoms with Gasteiger partial charge in [-0.25, -0.2) is 4.79 Å². The zero-order chi connectivity index (χ0) is 31.3. The molecule has 1 fully saturated rings. The summed E-state index contributed by atoms with van der Waals surface area (Å²) in [6, 6.07) is 6.95. The first-order chi connectivity index (χ1) is 20.3. The molecule has 5 rings (SSSR count). The van der Waals surface area contributed by atoms with Crippen LogP contribution in [0, 0.1) is 0 Å². The third-order valence-corrected chi connectivity index (χ3v) is 7.04. The van der Waals surface area contributed by atoms with Gasteiger partial charge in [-0.1, -0.05) is 6.07 Å². The summed E-state index contributed by atoms with van der Waals surface area (Å²) < 4.78 is 22.8. The van der Waals surface area contributed by atoms with E-state index in [1.165, 1.54) is 13.0 Å². The summed E-state index contributed by atoms with van der Waals surface area (Å²) in [4.78, 5) is 26.7. The van der Waals surface area contributed by atoms with Crippen LogP contribution in [-0.2, 0) is 14.2 Å². The van der Waals surface area contributed by atoms with Crippen molar-refractivity contribution in [3.05, 3.63) is 59.2 Å². The zero-order valence-corrected chi connectivity index (χ0v) is 22.1. The maximum absolute atomic E-state index is 13.7. The predicted molar refractivity (Wildman–Crippen MR) is 139 cm³/mol. The molecule has 0 amide bonds. The minimum Gasteiger partial charge on any atom is -0.508 e. The van der Waals surface area contributed by atoms with Crippen LogP contribution in [0.5, 0.6) is 46.0 Å². The van der Waals surface area contributed by atoms with Crippen molar-refractivity contribution < 1.29 is 74.5 Å². The van der Waals surface area contributed by atoms with Crippen LogP contribution in [0.25, 0.3) is 0 Å². The second-order valence-corrected chi connectivity index (χ2v) is 9.97. The molecule has 228 valence electrons. The number of esters is 1. The Morgan fingerprint density at radius 2 is 1.49 bits per heavy atom. The van der Waals surface area contributed by atoms with Crippen molar-refractivity contribution in [3.8, 4) is 46.0 Å². The molecule has 1 saturated heterocycles. The van der Waals surface area contributed by atoms with Gasteiger partial charge in [0, 0.05) is 12.1 Å². The van der Waals surface area contributed by atoms with Crippen LogP contribution in [0.3, 0.4) is 0 Å². The molecule has 43 heavy (non-hydrogen) atoms. The van der Waals surface area contributed by atoms with Gasteiger partial charge in [-0.15, -0.1) is 0 Å². The number of phenolic OH excluding ortho intramolecular Hbond substituents is 7. The van der Waals surface area contributed by atoms with Gasteiger partial charge in [-0.2, -0.15) is 0 Å². The molecule has 2 aliphatic heterocycles. The van der Waals surface area contributed by atoms with E-state index in [0.717, 1.165) is 36.4 Å². The molecule has 0 aromatic heterocycles. The third kappa shape index (κ3) is 5.37. The number of rotatable bonds is 5. The van der Waals surface area contributed by atoms with Gasteiger partial charge in [-0.05, 0) is 36.8 Å². The molecular weight excluding hydrogens is 576 g/mol. The monoisotopic (exact) mass is 602 g/mol. The summed E-state index contributed by atoms with van der Waals surface area (Å²) in [6.07, 6.45) is -11.4. The Hall–Kier alpha value is -4.96. The average Bonchev–Trinajstić information content (AvgIpc) is 2.94. The van der Waals surface area contributed by atoms with E-state index in [-0.39, 0.29) is 11.3 Å². The number of ether oxygens (including phenoxy) is 4. The number of ketones is 1. The van der Waals surface area contributed by atoms with Crippen LogP contribution in [-0.4, -0.2) is 94.5 Å². The Labute approximate surface area is 241 Å². The second kappa shape index (κ2) is 11.0. The van der Waals surface area contributed by atoms with E-state index in [2.05, 4.69) is 0 Å². The maximum Gasteiger partial charge on any atom is 0.338 e. The first kappa shape index (κ1) is 29.5. The number of hydrogen-bond donors (Lipinski definition) is 9. The topological polar surface area (TPSA) is 253 Å². The highest BCUT2D eigenvalue weighted by atomic mass is 16.7. The van der Waals surface area contributed by atoms with Crippen molar-refractivity contribution in [2.75, 3.05) is 0 Å². The van der Waals surface area contributed by atoms with E-state index in [4.69, 9.17) is 18.9 Å². The molecular formula is C28H26O15. The van der Waals surface area contributed by atoms with Crippen LogP contribution >= 0.6 is 0 Å². The number of aliphatic hydroxyl groups is 2. The molecule has 0 bridgehead atoms. The van der Waals surface area contributed by atoms with Gasteiger partial charge in [0.1, 0.15) is 35.0 Å². The SMILES string of the molecule is C[C@@H]1O[C@@H](OC2C(=O)c3c(O)cc(O)cc3OC2c2ccc(O)c(O)c2)[C@H](OC(=O)c2cc(O)c(O)c(O)c2)[C@H](O)[C@H]1O. The van der Waals surface area contributed by atoms with Gasteiger partial charge in [-0.3, -0.25) is 4.79 Å². The van der Waals surface area contributed by atoms with Crippen LogP contribution in [0.15, 0.2) is 42.5 Å². The number of benzene rings is 3. The smallest absolute Gasteiger partial charge is 0.338 e. The first-order valence-electron chi connectivity index (χ1n) is 12.7. The number of aliphatic hydroxyl groups excluding tert-OH is 2. The summed E-state index contributed by atoms with van der Waals surface area (Å²) in [5.74, 6) is -7.20. The van der Waals surface area contributed by atoms with Crippen LogP contribution < -0.4 is 4.74 Å². The van der Waals surface area contributed by atoms with Gasteiger partial charge in [0.05, 0.1) is 11.7 Å². The van der Waals surface area contributed by atoms with Crippen LogP contribution in [0.4, 0.5) is 0 Å². The zero-order valence-electron chi connectivity index (χ0n) is 22.1. The second-order valence-electron chi connectivity index (χ2n) is 9.97. The van der Waals surface area contributed by atoms with E-state index in [0.29, 0.717) is 0 Å². The number of carbonyl (C=O) groups is 2. The van der Waals surface area contributed by atoms with Gasteiger partial charge in [0.25, 0.3) is 0 Å². The highest BCUT2D eigenvalue weighted by Crippen LogP contribution is 2.45. The summed E-state index contributed by atoms with van der Waals surface area (Å²) >= 11 is 0. The Bertz CT molecular complexity index is 1560. The Balaban J connectivity index is 1.53. The lowest BCUT2D eigenvalue weighted by Crippen LogP contribution is -2.60. The standard InChI is InChI=1S/C28H26O15/c1-9-20(35)23(38)26(42-27(39)11-5-16(33)21(36)17(34)6-11)28(40-9)43-25-22(37)19-15(32)7-12(29)8-18(19)41-24(25)10-2-3-13(30)14(31)4-10/h2-9,20,23-26,28-36,38H,1H3/t9-,20-,23+,24?,25?,26+,28-/m0/s1. The summed E-state index contributed by atoms with van der Waals surface area (Å²) in [5.41, 5.74) is -0.787. The van der Waals surface area contributed by atoms with Gasteiger partial charge < -0.3 is 64.9 Å². The van der Waals surface area contributed by atoms with Gasteiger partial charge in [0.15, 0.2) is 53.3 Å². The quantitative estimate of drug-likeness (QED) is 0.146. The number of phenols is 7. The molecule has 7 atom stereocenters. The molecule has 0 saturated carbocycles. The molecule has 0 spiro atoms. The van der Waals surface area contributed by atoms with E-state index in [1.54, 1.807) is 0 Å². The third-order valence-electron chi connectivity index (χ3n) is 7.04. The number of fused-ring (bicyclic) bond motifs is 1. The van der Waals surface area contributed by atoms with Gasteiger partial charge >= 0.3 is 5.97 Å². The summed E-state index contributed by atoms with van der Waals surface area (Å²) in [6.45, 7) is 1.36. The van der Waals surface area contributed by atoms with Gasteiger partial charge in [0.2, 0.25) is 5.78 Å². The molecule has 2 heterocycles. The number of carbonyl (C=O) groups excluding carboxylic acids is 2. The minimum absolute atomic E-state index is 0.0789. The Kier molecular flexibility index (Phi) is 7.58. The molecule has 3 aromatic rings. The van der Waals surface area contributed by atoms with E-state index in [1.807, 2.05) is 0 Å². The van der Waals surface area contributed by atoms with Crippen molar-refractivity contribution in [1.29, 1.82) is 0 Å². The molecule has 0 radical (unpaired) electrons. The molecule has 2 unspecified atom stereocenters. The average molecular weight is 603 g/mol. The summed E-state index contributed by atoms with van der Waals surface area (Å²) in [7, 11) is 0. The van der Waals surface area contributed by atoms with Crippen molar-refractivity contribution in [1.82, 2.24) is 0 Å². The Morgan fingerprint density at radius 1 is 0.814 bits per heavy atom. The minimum atomic E-state index is -1.86. The van der Waals surface area contributed by atoms with E-state index >= 15 is 0 Å². The van der Waals surface area contributed by atoms with Crippen molar-refractivity contribution in [2.45, 2.75) is 49.8 Å². The lowest BCUT2D eigenvalue weighted by atomic mass is 9.92. The molecule has 15 heteroatoms. The number of aromatic hydroxyl groups is 7.